The van der Waals surface area contributed by atoms with Crippen LogP contribution in [-0.2, 0) is 14.8 Å². The maximum Gasteiger partial charge on any atom is 0.214 e. The molecule has 1 heterocycles. The summed E-state index contributed by atoms with van der Waals surface area (Å²) in [6.45, 7) is 14.7. The van der Waals surface area contributed by atoms with E-state index < -0.39 is 10.0 Å². The summed E-state index contributed by atoms with van der Waals surface area (Å²) >= 11 is 0. The van der Waals surface area contributed by atoms with Crippen molar-refractivity contribution in [2.75, 3.05) is 12.4 Å². The van der Waals surface area contributed by atoms with Crippen molar-refractivity contribution >= 4 is 10.0 Å². The quantitative estimate of drug-likeness (QED) is 0.803. The van der Waals surface area contributed by atoms with Gasteiger partial charge in [0, 0.05) is 11.6 Å². The van der Waals surface area contributed by atoms with E-state index in [2.05, 4.69) is 20.8 Å². The highest BCUT2D eigenvalue weighted by Crippen LogP contribution is 2.31. The minimum atomic E-state index is -3.12. The minimum absolute atomic E-state index is 0.0326. The Balaban J connectivity index is 2.74. The second-order valence-corrected chi connectivity index (χ2v) is 9.53. The molecule has 19 heavy (non-hydrogen) atoms. The lowest BCUT2D eigenvalue weighted by molar-refractivity contribution is -0.0285. The van der Waals surface area contributed by atoms with Crippen LogP contribution in [0.15, 0.2) is 0 Å². The highest BCUT2D eigenvalue weighted by Gasteiger charge is 2.44. The van der Waals surface area contributed by atoms with Crippen LogP contribution in [-0.4, -0.2) is 42.8 Å². The van der Waals surface area contributed by atoms with Crippen molar-refractivity contribution in [2.24, 2.45) is 5.41 Å². The average Bonchev–Trinajstić information content (AvgIpc) is 2.47. The first-order valence-electron chi connectivity index (χ1n) is 6.99. The van der Waals surface area contributed by atoms with E-state index in [0.717, 1.165) is 0 Å². The Morgan fingerprint density at radius 3 is 2.16 bits per heavy atom. The second-order valence-electron chi connectivity index (χ2n) is 7.57. The SMILES string of the molecule is CC(OCC1CCS(=O)(=O)N1C(C)(C)C)C(C)(C)C. The zero-order chi connectivity index (χ0) is 15.1. The summed E-state index contributed by atoms with van der Waals surface area (Å²) in [5, 5.41) is 0. The van der Waals surface area contributed by atoms with Crippen molar-refractivity contribution in [1.29, 1.82) is 0 Å². The highest BCUT2D eigenvalue weighted by molar-refractivity contribution is 7.89. The first-order valence-corrected chi connectivity index (χ1v) is 8.60. The van der Waals surface area contributed by atoms with Gasteiger partial charge in [-0.05, 0) is 39.5 Å². The van der Waals surface area contributed by atoms with Crippen LogP contribution in [0.25, 0.3) is 0 Å². The van der Waals surface area contributed by atoms with Gasteiger partial charge in [-0.3, -0.25) is 0 Å². The van der Waals surface area contributed by atoms with Gasteiger partial charge >= 0.3 is 0 Å². The van der Waals surface area contributed by atoms with Crippen LogP contribution in [0.4, 0.5) is 0 Å². The third-order valence-electron chi connectivity index (χ3n) is 3.76. The third-order valence-corrected chi connectivity index (χ3v) is 5.96. The molecule has 0 bridgehead atoms. The Kier molecular flexibility index (Phi) is 4.75. The summed E-state index contributed by atoms with van der Waals surface area (Å²) in [6, 6.07) is -0.0326. The molecule has 1 rings (SSSR count). The molecule has 0 spiro atoms. The number of sulfonamides is 1. The van der Waals surface area contributed by atoms with E-state index in [1.54, 1.807) is 4.31 Å². The minimum Gasteiger partial charge on any atom is -0.376 e. The summed E-state index contributed by atoms with van der Waals surface area (Å²) in [4.78, 5) is 0. The smallest absolute Gasteiger partial charge is 0.214 e. The van der Waals surface area contributed by atoms with Gasteiger partial charge in [0.05, 0.1) is 18.5 Å². The van der Waals surface area contributed by atoms with Crippen LogP contribution >= 0.6 is 0 Å². The third kappa shape index (κ3) is 4.17. The Hall–Kier alpha value is -0.130. The Labute approximate surface area is 118 Å². The fourth-order valence-corrected chi connectivity index (χ4v) is 4.57. The van der Waals surface area contributed by atoms with Gasteiger partial charge in [0.2, 0.25) is 10.0 Å². The molecule has 1 aliphatic rings. The normalized spacial score (nSPS) is 26.6. The van der Waals surface area contributed by atoms with Crippen molar-refractivity contribution in [3.8, 4) is 0 Å². The van der Waals surface area contributed by atoms with Crippen LogP contribution in [0.1, 0.15) is 54.9 Å². The predicted molar refractivity (Wildman–Crippen MR) is 78.7 cm³/mol. The number of rotatable bonds is 3. The fourth-order valence-electron chi connectivity index (χ4n) is 2.35. The van der Waals surface area contributed by atoms with Crippen molar-refractivity contribution < 1.29 is 13.2 Å². The van der Waals surface area contributed by atoms with Crippen molar-refractivity contribution in [2.45, 2.75) is 72.6 Å². The van der Waals surface area contributed by atoms with Gasteiger partial charge in [-0.25, -0.2) is 8.42 Å². The lowest BCUT2D eigenvalue weighted by Gasteiger charge is -2.36. The summed E-state index contributed by atoms with van der Waals surface area (Å²) in [6.07, 6.45) is 0.772. The van der Waals surface area contributed by atoms with E-state index >= 15 is 0 Å². The molecule has 0 aromatic rings. The van der Waals surface area contributed by atoms with Gasteiger partial charge in [-0.15, -0.1) is 0 Å². The lowest BCUT2D eigenvalue weighted by Crippen LogP contribution is -2.49. The summed E-state index contributed by atoms with van der Waals surface area (Å²) < 4.78 is 31.8. The molecule has 0 aromatic heterocycles. The van der Waals surface area contributed by atoms with Crippen molar-refractivity contribution in [1.82, 2.24) is 4.31 Å². The molecule has 1 fully saturated rings. The number of hydrogen-bond donors (Lipinski definition) is 0. The van der Waals surface area contributed by atoms with Crippen LogP contribution in [0.3, 0.4) is 0 Å². The molecule has 4 nitrogen and oxygen atoms in total. The molecule has 5 heteroatoms. The number of ether oxygens (including phenoxy) is 1. The van der Waals surface area contributed by atoms with E-state index in [1.165, 1.54) is 0 Å². The molecule has 114 valence electrons. The van der Waals surface area contributed by atoms with E-state index in [-0.39, 0.29) is 28.9 Å². The highest BCUT2D eigenvalue weighted by atomic mass is 32.2. The van der Waals surface area contributed by atoms with Gasteiger partial charge in [-0.1, -0.05) is 20.8 Å². The zero-order valence-corrected chi connectivity index (χ0v) is 14.2. The maximum atomic E-state index is 12.1. The summed E-state index contributed by atoms with van der Waals surface area (Å²) in [7, 11) is -3.12. The molecular formula is C14H29NO3S. The molecule has 0 aliphatic carbocycles. The summed E-state index contributed by atoms with van der Waals surface area (Å²) in [5.41, 5.74) is -0.307. The number of nitrogens with zero attached hydrogens (tertiary/aromatic N) is 1. The molecule has 0 aromatic carbocycles. The van der Waals surface area contributed by atoms with E-state index in [0.29, 0.717) is 13.0 Å². The molecule has 2 atom stereocenters. The van der Waals surface area contributed by atoms with Gasteiger partial charge < -0.3 is 4.74 Å². The summed E-state index contributed by atoms with van der Waals surface area (Å²) in [5.74, 6) is 0.238. The van der Waals surface area contributed by atoms with Crippen LogP contribution in [0.2, 0.25) is 0 Å². The lowest BCUT2D eigenvalue weighted by atomic mass is 9.90. The Morgan fingerprint density at radius 2 is 1.74 bits per heavy atom. The Bertz CT molecular complexity index is 403. The molecule has 1 aliphatic heterocycles. The van der Waals surface area contributed by atoms with Crippen LogP contribution in [0.5, 0.6) is 0 Å². The molecule has 0 N–H and O–H groups in total. The van der Waals surface area contributed by atoms with Crippen LogP contribution in [0, 0.1) is 5.41 Å². The standard InChI is InChI=1S/C14H29NO3S/c1-11(13(2,3)4)18-10-12-8-9-19(16,17)15(12)14(5,6)7/h11-12H,8-10H2,1-7H3. The largest absolute Gasteiger partial charge is 0.376 e. The monoisotopic (exact) mass is 291 g/mol. The van der Waals surface area contributed by atoms with E-state index in [4.69, 9.17) is 4.74 Å². The average molecular weight is 291 g/mol. The molecule has 2 unspecified atom stereocenters. The van der Waals surface area contributed by atoms with Crippen molar-refractivity contribution in [3.63, 3.8) is 0 Å². The maximum absolute atomic E-state index is 12.1. The molecule has 0 amide bonds. The van der Waals surface area contributed by atoms with Crippen LogP contribution < -0.4 is 0 Å². The van der Waals surface area contributed by atoms with Gasteiger partial charge in [-0.2, -0.15) is 4.31 Å². The molecule has 1 saturated heterocycles. The van der Waals surface area contributed by atoms with Gasteiger partial charge in [0.25, 0.3) is 0 Å². The Morgan fingerprint density at radius 1 is 1.21 bits per heavy atom. The first-order chi connectivity index (χ1) is 8.36. The fraction of sp³-hybridized carbons (Fsp3) is 1.00. The van der Waals surface area contributed by atoms with Crippen molar-refractivity contribution in [3.05, 3.63) is 0 Å². The predicted octanol–water partition coefficient (Wildman–Crippen LogP) is 2.64. The molecular weight excluding hydrogens is 262 g/mol. The van der Waals surface area contributed by atoms with E-state index in [1.807, 2.05) is 27.7 Å². The molecule has 0 saturated carbocycles. The molecule has 0 radical (unpaired) electrons. The topological polar surface area (TPSA) is 46.6 Å². The second kappa shape index (κ2) is 5.34. The number of hydrogen-bond acceptors (Lipinski definition) is 3. The zero-order valence-electron chi connectivity index (χ0n) is 13.4. The van der Waals surface area contributed by atoms with E-state index in [9.17, 15) is 8.42 Å². The first kappa shape index (κ1) is 16.9. The van der Waals surface area contributed by atoms with Gasteiger partial charge in [0.15, 0.2) is 0 Å². The van der Waals surface area contributed by atoms with Gasteiger partial charge in [0.1, 0.15) is 0 Å².